The maximum absolute atomic E-state index is 6.07. The zero-order valence-electron chi connectivity index (χ0n) is 9.54. The van der Waals surface area contributed by atoms with Gasteiger partial charge in [0.15, 0.2) is 5.82 Å². The predicted octanol–water partition coefficient (Wildman–Crippen LogP) is 3.04. The largest absolute Gasteiger partial charge is 0.376 e. The molecule has 0 saturated heterocycles. The highest BCUT2D eigenvalue weighted by atomic mass is 35.5. The van der Waals surface area contributed by atoms with Crippen LogP contribution in [0, 0.1) is 6.92 Å². The van der Waals surface area contributed by atoms with E-state index in [0.29, 0.717) is 16.6 Å². The summed E-state index contributed by atoms with van der Waals surface area (Å²) < 4.78 is 1.92. The molecule has 4 nitrogen and oxygen atoms in total. The first-order chi connectivity index (χ1) is 8.09. The number of benzene rings is 1. The Bertz CT molecular complexity index is 536. The molecule has 0 aliphatic carbocycles. The predicted molar refractivity (Wildman–Crippen MR) is 69.5 cm³/mol. The van der Waals surface area contributed by atoms with E-state index in [0.717, 1.165) is 17.3 Å². The van der Waals surface area contributed by atoms with E-state index >= 15 is 0 Å². The van der Waals surface area contributed by atoms with E-state index in [2.05, 4.69) is 15.5 Å². The summed E-state index contributed by atoms with van der Waals surface area (Å²) >= 11 is 12.0. The van der Waals surface area contributed by atoms with Crippen LogP contribution in [-0.4, -0.2) is 14.8 Å². The van der Waals surface area contributed by atoms with E-state index in [4.69, 9.17) is 23.2 Å². The van der Waals surface area contributed by atoms with Crippen LogP contribution in [0.25, 0.3) is 0 Å². The molecule has 0 fully saturated rings. The Morgan fingerprint density at radius 2 is 2.06 bits per heavy atom. The van der Waals surface area contributed by atoms with Crippen molar-refractivity contribution in [2.24, 2.45) is 7.05 Å². The Morgan fingerprint density at radius 3 is 2.71 bits per heavy atom. The molecule has 0 spiro atoms. The Kier molecular flexibility index (Phi) is 3.54. The van der Waals surface area contributed by atoms with Gasteiger partial charge in [-0.3, -0.25) is 0 Å². The summed E-state index contributed by atoms with van der Waals surface area (Å²) in [6.07, 6.45) is 0. The number of nitrogens with zero attached hydrogens (tertiary/aromatic N) is 3. The molecule has 2 rings (SSSR count). The van der Waals surface area contributed by atoms with Gasteiger partial charge in [0.2, 0.25) is 0 Å². The summed E-state index contributed by atoms with van der Waals surface area (Å²) in [7, 11) is 1.92. The van der Waals surface area contributed by atoms with Crippen LogP contribution in [0.4, 0.5) is 5.69 Å². The fourth-order valence-electron chi connectivity index (χ4n) is 1.42. The molecule has 6 heteroatoms. The molecule has 0 bridgehead atoms. The van der Waals surface area contributed by atoms with E-state index in [1.54, 1.807) is 6.07 Å². The third-order valence-electron chi connectivity index (χ3n) is 2.57. The molecular weight excluding hydrogens is 259 g/mol. The molecule has 0 aliphatic rings. The van der Waals surface area contributed by atoms with Crippen molar-refractivity contribution in [3.05, 3.63) is 39.9 Å². The molecule has 0 amide bonds. The maximum atomic E-state index is 6.07. The monoisotopic (exact) mass is 270 g/mol. The average Bonchev–Trinajstić information content (AvgIpc) is 2.62. The Hall–Kier alpha value is -1.26. The first kappa shape index (κ1) is 12.2. The lowest BCUT2D eigenvalue weighted by atomic mass is 10.3. The van der Waals surface area contributed by atoms with Crippen LogP contribution in [0.3, 0.4) is 0 Å². The van der Waals surface area contributed by atoms with Gasteiger partial charge in [0.25, 0.3) is 0 Å². The van der Waals surface area contributed by atoms with Crippen LogP contribution in [0.5, 0.6) is 0 Å². The van der Waals surface area contributed by atoms with Crippen molar-refractivity contribution >= 4 is 28.9 Å². The Morgan fingerprint density at radius 1 is 1.29 bits per heavy atom. The summed E-state index contributed by atoms with van der Waals surface area (Å²) in [5, 5.41) is 12.3. The SMILES string of the molecule is Cc1nnc(CNc2cccc(Cl)c2Cl)n1C. The van der Waals surface area contributed by atoms with Crippen molar-refractivity contribution in [3.8, 4) is 0 Å². The molecule has 0 atom stereocenters. The van der Waals surface area contributed by atoms with Crippen molar-refractivity contribution in [2.45, 2.75) is 13.5 Å². The molecule has 0 unspecified atom stereocenters. The standard InChI is InChI=1S/C11H12Cl2N4/c1-7-15-16-10(17(7)2)6-14-9-5-3-4-8(12)11(9)13/h3-5,14H,6H2,1-2H3. The second kappa shape index (κ2) is 4.94. The molecule has 0 saturated carbocycles. The summed E-state index contributed by atoms with van der Waals surface area (Å²) in [4.78, 5) is 0. The third-order valence-corrected chi connectivity index (χ3v) is 3.39. The lowest BCUT2D eigenvalue weighted by Gasteiger charge is -2.08. The van der Waals surface area contributed by atoms with E-state index in [1.807, 2.05) is 30.7 Å². The summed E-state index contributed by atoms with van der Waals surface area (Å²) in [6.45, 7) is 2.46. The van der Waals surface area contributed by atoms with Gasteiger partial charge in [0, 0.05) is 7.05 Å². The first-order valence-electron chi connectivity index (χ1n) is 5.12. The van der Waals surface area contributed by atoms with Crippen molar-refractivity contribution in [1.29, 1.82) is 0 Å². The summed E-state index contributed by atoms with van der Waals surface area (Å²) in [6, 6.07) is 5.47. The third kappa shape index (κ3) is 2.53. The van der Waals surface area contributed by atoms with E-state index < -0.39 is 0 Å². The number of hydrogen-bond acceptors (Lipinski definition) is 3. The molecule has 1 aromatic heterocycles. The van der Waals surface area contributed by atoms with Crippen molar-refractivity contribution in [2.75, 3.05) is 5.32 Å². The minimum Gasteiger partial charge on any atom is -0.376 e. The topological polar surface area (TPSA) is 42.7 Å². The van der Waals surface area contributed by atoms with Gasteiger partial charge < -0.3 is 9.88 Å². The van der Waals surface area contributed by atoms with Crippen LogP contribution in [0.15, 0.2) is 18.2 Å². The van der Waals surface area contributed by atoms with Crippen molar-refractivity contribution in [3.63, 3.8) is 0 Å². The minimum atomic E-state index is 0.521. The van der Waals surface area contributed by atoms with Gasteiger partial charge in [-0.15, -0.1) is 10.2 Å². The Balaban J connectivity index is 2.13. The average molecular weight is 271 g/mol. The van der Waals surface area contributed by atoms with Crippen LogP contribution in [0.2, 0.25) is 10.0 Å². The van der Waals surface area contributed by atoms with Gasteiger partial charge >= 0.3 is 0 Å². The van der Waals surface area contributed by atoms with Crippen molar-refractivity contribution < 1.29 is 0 Å². The molecule has 90 valence electrons. The molecule has 1 heterocycles. The van der Waals surface area contributed by atoms with E-state index in [9.17, 15) is 0 Å². The summed E-state index contributed by atoms with van der Waals surface area (Å²) in [5.74, 6) is 1.72. The molecule has 1 N–H and O–H groups in total. The normalized spacial score (nSPS) is 10.6. The lowest BCUT2D eigenvalue weighted by Crippen LogP contribution is -2.07. The van der Waals surface area contributed by atoms with Crippen molar-refractivity contribution in [1.82, 2.24) is 14.8 Å². The fourth-order valence-corrected chi connectivity index (χ4v) is 1.79. The van der Waals surface area contributed by atoms with Gasteiger partial charge in [-0.1, -0.05) is 29.3 Å². The molecule has 0 aliphatic heterocycles. The molecule has 1 aromatic carbocycles. The van der Waals surface area contributed by atoms with Gasteiger partial charge in [0.1, 0.15) is 5.82 Å². The van der Waals surface area contributed by atoms with Crippen LogP contribution >= 0.6 is 23.2 Å². The highest BCUT2D eigenvalue weighted by molar-refractivity contribution is 6.43. The zero-order chi connectivity index (χ0) is 12.4. The number of aryl methyl sites for hydroxylation is 1. The summed E-state index contributed by atoms with van der Waals surface area (Å²) in [5.41, 5.74) is 0.791. The zero-order valence-corrected chi connectivity index (χ0v) is 11.0. The van der Waals surface area contributed by atoms with Crippen LogP contribution < -0.4 is 5.32 Å². The number of aromatic nitrogens is 3. The highest BCUT2D eigenvalue weighted by Crippen LogP contribution is 2.29. The lowest BCUT2D eigenvalue weighted by molar-refractivity contribution is 0.789. The number of hydrogen-bond donors (Lipinski definition) is 1. The Labute approximate surface area is 110 Å². The smallest absolute Gasteiger partial charge is 0.152 e. The molecule has 0 radical (unpaired) electrons. The number of halogens is 2. The number of nitrogens with one attached hydrogen (secondary N) is 1. The highest BCUT2D eigenvalue weighted by Gasteiger charge is 2.07. The van der Waals surface area contributed by atoms with Gasteiger partial charge in [0.05, 0.1) is 22.3 Å². The van der Waals surface area contributed by atoms with Crippen LogP contribution in [0.1, 0.15) is 11.6 Å². The quantitative estimate of drug-likeness (QED) is 0.933. The van der Waals surface area contributed by atoms with E-state index in [1.165, 1.54) is 0 Å². The van der Waals surface area contributed by atoms with Gasteiger partial charge in [-0.2, -0.15) is 0 Å². The second-order valence-corrected chi connectivity index (χ2v) is 4.46. The molecule has 17 heavy (non-hydrogen) atoms. The number of anilines is 1. The minimum absolute atomic E-state index is 0.521. The maximum Gasteiger partial charge on any atom is 0.152 e. The van der Waals surface area contributed by atoms with Gasteiger partial charge in [-0.25, -0.2) is 0 Å². The first-order valence-corrected chi connectivity index (χ1v) is 5.88. The van der Waals surface area contributed by atoms with E-state index in [-0.39, 0.29) is 0 Å². The second-order valence-electron chi connectivity index (χ2n) is 3.68. The number of rotatable bonds is 3. The van der Waals surface area contributed by atoms with Gasteiger partial charge in [-0.05, 0) is 19.1 Å². The molecular formula is C11H12Cl2N4. The fraction of sp³-hybridized carbons (Fsp3) is 0.273. The van der Waals surface area contributed by atoms with Crippen LogP contribution in [-0.2, 0) is 13.6 Å². The molecule has 2 aromatic rings.